The zero-order chi connectivity index (χ0) is 13.5. The number of anilines is 2. The zero-order valence-electron chi connectivity index (χ0n) is 12.1. The van der Waals surface area contributed by atoms with Crippen molar-refractivity contribution >= 4 is 11.4 Å². The normalized spacial score (nSPS) is 19.4. The minimum Gasteiger partial charge on any atom is -0.396 e. The largest absolute Gasteiger partial charge is 0.396 e. The van der Waals surface area contributed by atoms with Crippen molar-refractivity contribution in [2.45, 2.75) is 32.7 Å². The number of nitrogens with zero attached hydrogens (tertiary/aromatic N) is 3. The summed E-state index contributed by atoms with van der Waals surface area (Å²) in [6.45, 7) is 6.15. The first-order valence-corrected chi connectivity index (χ1v) is 6.79. The lowest BCUT2D eigenvalue weighted by Gasteiger charge is -2.37. The van der Waals surface area contributed by atoms with Crippen LogP contribution in [-0.4, -0.2) is 43.1 Å². The Morgan fingerprint density at radius 1 is 1.39 bits per heavy atom. The van der Waals surface area contributed by atoms with Crippen molar-refractivity contribution in [2.24, 2.45) is 0 Å². The molecule has 2 N–H and O–H groups in total. The van der Waals surface area contributed by atoms with E-state index in [2.05, 4.69) is 28.9 Å². The summed E-state index contributed by atoms with van der Waals surface area (Å²) in [5, 5.41) is 0. The molecule has 0 spiro atoms. The number of nitrogens with two attached hydrogens (primary N) is 1. The lowest BCUT2D eigenvalue weighted by atomic mass is 10.0. The first-order chi connectivity index (χ1) is 8.68. The van der Waals surface area contributed by atoms with Gasteiger partial charge in [-0.1, -0.05) is 13.8 Å². The Morgan fingerprint density at radius 3 is 2.72 bits per heavy atom. The topological polar surface area (TPSA) is 45.4 Å². The van der Waals surface area contributed by atoms with Crippen LogP contribution in [-0.2, 0) is 0 Å². The van der Waals surface area contributed by atoms with Crippen molar-refractivity contribution in [3.05, 3.63) is 18.5 Å². The first-order valence-electron chi connectivity index (χ1n) is 6.79. The Balaban J connectivity index is 0.000000771. The predicted octanol–water partition coefficient (Wildman–Crippen LogP) is 2.22. The van der Waals surface area contributed by atoms with Crippen LogP contribution in [0.15, 0.2) is 18.5 Å². The smallest absolute Gasteiger partial charge is 0.0738 e. The molecule has 0 aliphatic carbocycles. The van der Waals surface area contributed by atoms with Crippen LogP contribution < -0.4 is 10.6 Å². The second-order valence-electron chi connectivity index (χ2n) is 4.64. The lowest BCUT2D eigenvalue weighted by Crippen LogP contribution is -2.45. The average molecular weight is 250 g/mol. The first kappa shape index (κ1) is 14.8. The highest BCUT2D eigenvalue weighted by atomic mass is 15.2. The standard InChI is InChI=1S/C12H20N4.C2H6/c1-15(2)10-4-3-7-16(9-10)12-5-6-14-8-11(12)13;1-2/h5-6,8,10H,3-4,7,9,13H2,1-2H3;1-2H3. The summed E-state index contributed by atoms with van der Waals surface area (Å²) in [5.41, 5.74) is 7.86. The molecule has 1 aliphatic heterocycles. The molecule has 4 heteroatoms. The Kier molecular flexibility index (Phi) is 5.92. The van der Waals surface area contributed by atoms with Crippen LogP contribution in [0.2, 0.25) is 0 Å². The number of pyridine rings is 1. The van der Waals surface area contributed by atoms with Crippen molar-refractivity contribution in [2.75, 3.05) is 37.8 Å². The van der Waals surface area contributed by atoms with Gasteiger partial charge in [-0.15, -0.1) is 0 Å². The van der Waals surface area contributed by atoms with Gasteiger partial charge in [0.1, 0.15) is 0 Å². The molecule has 18 heavy (non-hydrogen) atoms. The molecule has 1 saturated heterocycles. The fraction of sp³-hybridized carbons (Fsp3) is 0.643. The number of rotatable bonds is 2. The van der Waals surface area contributed by atoms with E-state index in [0.717, 1.165) is 24.5 Å². The van der Waals surface area contributed by atoms with Gasteiger partial charge in [0.2, 0.25) is 0 Å². The minimum absolute atomic E-state index is 0.626. The number of piperidine rings is 1. The van der Waals surface area contributed by atoms with Crippen molar-refractivity contribution in [1.82, 2.24) is 9.88 Å². The summed E-state index contributed by atoms with van der Waals surface area (Å²) < 4.78 is 0. The molecular formula is C14H26N4. The van der Waals surface area contributed by atoms with E-state index >= 15 is 0 Å². The molecule has 1 aromatic heterocycles. The highest BCUT2D eigenvalue weighted by molar-refractivity contribution is 5.66. The third-order valence-electron chi connectivity index (χ3n) is 3.30. The van der Waals surface area contributed by atoms with Crippen LogP contribution in [0.3, 0.4) is 0 Å². The van der Waals surface area contributed by atoms with E-state index in [1.165, 1.54) is 12.8 Å². The van der Waals surface area contributed by atoms with Gasteiger partial charge in [-0.25, -0.2) is 0 Å². The van der Waals surface area contributed by atoms with Gasteiger partial charge >= 0.3 is 0 Å². The molecule has 0 saturated carbocycles. The molecule has 1 aliphatic rings. The van der Waals surface area contributed by atoms with Gasteiger partial charge in [0.15, 0.2) is 0 Å². The minimum atomic E-state index is 0.626. The fourth-order valence-electron chi connectivity index (χ4n) is 2.28. The van der Waals surface area contributed by atoms with Gasteiger partial charge in [-0.3, -0.25) is 4.98 Å². The molecule has 1 unspecified atom stereocenters. The van der Waals surface area contributed by atoms with E-state index < -0.39 is 0 Å². The molecule has 0 amide bonds. The Morgan fingerprint density at radius 2 is 2.11 bits per heavy atom. The molecule has 2 rings (SSSR count). The van der Waals surface area contributed by atoms with Crippen molar-refractivity contribution in [3.63, 3.8) is 0 Å². The SMILES string of the molecule is CC.CN(C)C1CCCN(c2ccncc2N)C1. The number of hydrogen-bond donors (Lipinski definition) is 1. The number of aromatic nitrogens is 1. The molecule has 0 bridgehead atoms. The van der Waals surface area contributed by atoms with Crippen molar-refractivity contribution in [1.29, 1.82) is 0 Å². The van der Waals surface area contributed by atoms with Crippen LogP contribution in [0.4, 0.5) is 11.4 Å². The van der Waals surface area contributed by atoms with Gasteiger partial charge in [-0.2, -0.15) is 0 Å². The van der Waals surface area contributed by atoms with Gasteiger partial charge in [0.25, 0.3) is 0 Å². The van der Waals surface area contributed by atoms with Crippen LogP contribution in [0, 0.1) is 0 Å². The second-order valence-corrected chi connectivity index (χ2v) is 4.64. The van der Waals surface area contributed by atoms with E-state index in [1.807, 2.05) is 26.1 Å². The Labute approximate surface area is 111 Å². The number of hydrogen-bond acceptors (Lipinski definition) is 4. The maximum Gasteiger partial charge on any atom is 0.0738 e. The Hall–Kier alpha value is -1.29. The summed E-state index contributed by atoms with van der Waals surface area (Å²) in [4.78, 5) is 8.69. The van der Waals surface area contributed by atoms with Crippen LogP contribution >= 0.6 is 0 Å². The van der Waals surface area contributed by atoms with E-state index in [4.69, 9.17) is 5.73 Å². The summed E-state index contributed by atoms with van der Waals surface area (Å²) in [5.74, 6) is 0. The number of likely N-dealkylation sites (N-methyl/N-ethyl adjacent to an activating group) is 1. The molecule has 4 nitrogen and oxygen atoms in total. The molecule has 2 heterocycles. The molecule has 0 aromatic carbocycles. The van der Waals surface area contributed by atoms with Crippen molar-refractivity contribution in [3.8, 4) is 0 Å². The van der Waals surface area contributed by atoms with E-state index in [-0.39, 0.29) is 0 Å². The molecule has 0 radical (unpaired) electrons. The predicted molar refractivity (Wildman–Crippen MR) is 78.9 cm³/mol. The van der Waals surface area contributed by atoms with E-state index in [9.17, 15) is 0 Å². The molecule has 1 atom stereocenters. The summed E-state index contributed by atoms with van der Waals surface area (Å²) in [7, 11) is 4.29. The molecule has 102 valence electrons. The van der Waals surface area contributed by atoms with Crippen LogP contribution in [0.5, 0.6) is 0 Å². The van der Waals surface area contributed by atoms with E-state index in [0.29, 0.717) is 6.04 Å². The maximum atomic E-state index is 5.96. The van der Waals surface area contributed by atoms with E-state index in [1.54, 1.807) is 6.20 Å². The Bertz CT molecular complexity index is 351. The zero-order valence-corrected chi connectivity index (χ0v) is 12.1. The quantitative estimate of drug-likeness (QED) is 0.874. The summed E-state index contributed by atoms with van der Waals surface area (Å²) in [6, 6.07) is 2.63. The number of nitrogen functional groups attached to an aromatic ring is 1. The molecular weight excluding hydrogens is 224 g/mol. The molecule has 1 aromatic rings. The third-order valence-corrected chi connectivity index (χ3v) is 3.30. The molecule has 1 fully saturated rings. The second kappa shape index (κ2) is 7.21. The van der Waals surface area contributed by atoms with Gasteiger partial charge < -0.3 is 15.5 Å². The third kappa shape index (κ3) is 3.60. The summed E-state index contributed by atoms with van der Waals surface area (Å²) in [6.07, 6.45) is 6.04. The monoisotopic (exact) mass is 250 g/mol. The lowest BCUT2D eigenvalue weighted by molar-refractivity contribution is 0.258. The van der Waals surface area contributed by atoms with Crippen molar-refractivity contribution < 1.29 is 0 Å². The maximum absolute atomic E-state index is 5.96. The highest BCUT2D eigenvalue weighted by Crippen LogP contribution is 2.25. The van der Waals surface area contributed by atoms with Gasteiger partial charge in [0.05, 0.1) is 17.6 Å². The van der Waals surface area contributed by atoms with Gasteiger partial charge in [0, 0.05) is 25.3 Å². The highest BCUT2D eigenvalue weighted by Gasteiger charge is 2.22. The van der Waals surface area contributed by atoms with Gasteiger partial charge in [-0.05, 0) is 33.0 Å². The van der Waals surface area contributed by atoms with Crippen LogP contribution in [0.25, 0.3) is 0 Å². The fourth-order valence-corrected chi connectivity index (χ4v) is 2.28. The van der Waals surface area contributed by atoms with Crippen LogP contribution in [0.1, 0.15) is 26.7 Å². The average Bonchev–Trinajstić information content (AvgIpc) is 2.42. The summed E-state index contributed by atoms with van der Waals surface area (Å²) >= 11 is 0.